The fourth-order valence-corrected chi connectivity index (χ4v) is 5.85. The van der Waals surface area contributed by atoms with Crippen molar-refractivity contribution >= 4 is 52.5 Å². The van der Waals surface area contributed by atoms with Crippen molar-refractivity contribution in [3.05, 3.63) is 51.8 Å². The maximum atomic E-state index is 12.6. The van der Waals surface area contributed by atoms with Crippen molar-refractivity contribution in [2.75, 3.05) is 5.75 Å². The second-order valence-electron chi connectivity index (χ2n) is 6.57. The van der Waals surface area contributed by atoms with Crippen molar-refractivity contribution in [1.29, 1.82) is 0 Å². The Morgan fingerprint density at radius 2 is 2.07 bits per heavy atom. The average molecular weight is 450 g/mol. The molecule has 0 spiro atoms. The number of nitrogens with zero attached hydrogens (tertiary/aromatic N) is 2. The Bertz CT molecular complexity index is 1040. The molecule has 1 aromatic carbocycles. The number of nitrogens with one attached hydrogen (secondary N) is 1. The maximum Gasteiger partial charge on any atom is 0.353 e. The summed E-state index contributed by atoms with van der Waals surface area (Å²) in [6, 6.07) is 8.93. The number of aliphatic carboxylic acids is 1. The van der Waals surface area contributed by atoms with E-state index in [1.54, 1.807) is 0 Å². The molecule has 1 fully saturated rings. The number of aromatic nitrogens is 1. The Balaban J connectivity index is 1.47. The van der Waals surface area contributed by atoms with E-state index in [2.05, 4.69) is 10.3 Å². The third-order valence-corrected chi connectivity index (χ3v) is 7.42. The second kappa shape index (κ2) is 7.81. The van der Waals surface area contributed by atoms with Crippen molar-refractivity contribution in [3.8, 4) is 10.4 Å². The summed E-state index contributed by atoms with van der Waals surface area (Å²) in [6.45, 7) is 1.88. The molecule has 1 saturated heterocycles. The van der Waals surface area contributed by atoms with Gasteiger partial charge in [0.1, 0.15) is 17.1 Å². The minimum atomic E-state index is -1.25. The Morgan fingerprint density at radius 1 is 1.34 bits per heavy atom. The number of thiazole rings is 1. The van der Waals surface area contributed by atoms with Gasteiger partial charge in [0.15, 0.2) is 0 Å². The number of fused-ring (bicyclic) bond motifs is 1. The van der Waals surface area contributed by atoms with Gasteiger partial charge in [-0.25, -0.2) is 9.78 Å². The number of hydrogen-bond donors (Lipinski definition) is 2. The largest absolute Gasteiger partial charge is 0.477 e. The molecule has 3 heterocycles. The normalized spacial score (nSPS) is 20.9. The van der Waals surface area contributed by atoms with Crippen LogP contribution in [0.4, 0.5) is 0 Å². The summed E-state index contributed by atoms with van der Waals surface area (Å²) >= 11 is 8.81. The van der Waals surface area contributed by atoms with Crippen LogP contribution >= 0.6 is 34.7 Å². The van der Waals surface area contributed by atoms with E-state index in [9.17, 15) is 19.5 Å². The first-order chi connectivity index (χ1) is 13.9. The summed E-state index contributed by atoms with van der Waals surface area (Å²) < 4.78 is 0. The third kappa shape index (κ3) is 3.65. The van der Waals surface area contributed by atoms with Crippen LogP contribution in [0.2, 0.25) is 0 Å². The molecule has 0 saturated carbocycles. The highest BCUT2D eigenvalue weighted by molar-refractivity contribution is 8.00. The molecule has 0 aliphatic carbocycles. The predicted molar refractivity (Wildman–Crippen MR) is 112 cm³/mol. The second-order valence-corrected chi connectivity index (χ2v) is 9.33. The molecule has 2 aliphatic heterocycles. The van der Waals surface area contributed by atoms with Crippen molar-refractivity contribution < 1.29 is 19.5 Å². The Kier molecular flexibility index (Phi) is 5.37. The Morgan fingerprint density at radius 3 is 2.76 bits per heavy atom. The fraction of sp³-hybridized carbons (Fsp3) is 0.263. The van der Waals surface area contributed by atoms with E-state index in [0.29, 0.717) is 5.69 Å². The van der Waals surface area contributed by atoms with Gasteiger partial charge in [0.25, 0.3) is 5.91 Å². The van der Waals surface area contributed by atoms with Gasteiger partial charge >= 0.3 is 5.97 Å². The van der Waals surface area contributed by atoms with Crippen molar-refractivity contribution in [1.82, 2.24) is 15.2 Å². The van der Waals surface area contributed by atoms with Crippen LogP contribution in [0.5, 0.6) is 0 Å². The lowest BCUT2D eigenvalue weighted by atomic mass is 10.0. The van der Waals surface area contributed by atoms with Gasteiger partial charge in [-0.2, -0.15) is 0 Å². The van der Waals surface area contributed by atoms with Crippen LogP contribution in [0.25, 0.3) is 10.4 Å². The lowest BCUT2D eigenvalue weighted by Crippen LogP contribution is -2.70. The molecule has 1 aromatic heterocycles. The maximum absolute atomic E-state index is 12.6. The minimum Gasteiger partial charge on any atom is -0.477 e. The van der Waals surface area contributed by atoms with Gasteiger partial charge in [0.05, 0.1) is 27.0 Å². The van der Waals surface area contributed by atoms with Crippen LogP contribution in [0, 0.1) is 6.92 Å². The highest BCUT2D eigenvalue weighted by atomic mass is 35.5. The van der Waals surface area contributed by atoms with E-state index in [0.717, 1.165) is 20.3 Å². The van der Waals surface area contributed by atoms with Gasteiger partial charge in [-0.15, -0.1) is 23.1 Å². The van der Waals surface area contributed by atoms with Crippen molar-refractivity contribution in [2.24, 2.45) is 0 Å². The molecular formula is C19H16ClN3O4S2. The van der Waals surface area contributed by atoms with E-state index >= 15 is 0 Å². The Labute approximate surface area is 179 Å². The van der Waals surface area contributed by atoms with Crippen LogP contribution in [-0.2, 0) is 20.8 Å². The zero-order chi connectivity index (χ0) is 20.7. The Hall–Kier alpha value is -2.36. The lowest BCUT2D eigenvalue weighted by Gasteiger charge is -2.48. The predicted octanol–water partition coefficient (Wildman–Crippen LogP) is 2.60. The number of halogens is 1. The first-order valence-corrected chi connectivity index (χ1v) is 11.0. The molecule has 0 unspecified atom stereocenters. The number of benzene rings is 1. The first-order valence-electron chi connectivity index (χ1n) is 8.74. The van der Waals surface area contributed by atoms with E-state index < -0.39 is 23.3 Å². The molecule has 0 bridgehead atoms. The van der Waals surface area contributed by atoms with Crippen LogP contribution in [0.15, 0.2) is 41.1 Å². The van der Waals surface area contributed by atoms with E-state index in [4.69, 9.17) is 11.6 Å². The number of amides is 2. The monoisotopic (exact) mass is 449 g/mol. The van der Waals surface area contributed by atoms with E-state index in [-0.39, 0.29) is 28.8 Å². The molecule has 2 atom stereocenters. The van der Waals surface area contributed by atoms with E-state index in [1.165, 1.54) is 23.1 Å². The number of carboxylic acids is 1. The lowest BCUT2D eigenvalue weighted by molar-refractivity contribution is -0.150. The van der Waals surface area contributed by atoms with Crippen molar-refractivity contribution in [3.63, 3.8) is 0 Å². The number of hydrogen-bond acceptors (Lipinski definition) is 6. The van der Waals surface area contributed by atoms with Crippen LogP contribution < -0.4 is 5.32 Å². The molecule has 7 nitrogen and oxygen atoms in total. The molecule has 150 valence electrons. The highest BCUT2D eigenvalue weighted by Crippen LogP contribution is 2.41. The fourth-order valence-electron chi connectivity index (χ4n) is 3.36. The molecule has 2 N–H and O–H groups in total. The smallest absolute Gasteiger partial charge is 0.353 e. The van der Waals surface area contributed by atoms with Crippen LogP contribution in [0.3, 0.4) is 0 Å². The molecule has 2 aliphatic rings. The van der Waals surface area contributed by atoms with Gasteiger partial charge in [-0.1, -0.05) is 41.9 Å². The van der Waals surface area contributed by atoms with Crippen LogP contribution in [-0.4, -0.2) is 49.9 Å². The molecular weight excluding hydrogens is 434 g/mol. The van der Waals surface area contributed by atoms with Gasteiger partial charge < -0.3 is 10.4 Å². The summed E-state index contributed by atoms with van der Waals surface area (Å²) in [7, 11) is 0. The number of rotatable bonds is 5. The van der Waals surface area contributed by atoms with E-state index in [1.807, 2.05) is 37.3 Å². The number of thioether (sulfide) groups is 1. The number of carboxylic acid groups (broad SMARTS) is 1. The molecule has 2 amide bonds. The molecule has 2 aromatic rings. The summed E-state index contributed by atoms with van der Waals surface area (Å²) in [5, 5.41) is 12.6. The highest BCUT2D eigenvalue weighted by Gasteiger charge is 2.54. The standard InChI is InChI=1S/C19H16ClN3O4S2/c1-9-21-12(16(29-9)10-5-3-2-4-6-10)7-13(24)22-14-17(25)23-15(19(26)27)11(20)8-28-18(14)23/h2-6,14,18H,7-8H2,1H3,(H,22,24)(H,26,27)/t14-,18-/m1/s1. The van der Waals surface area contributed by atoms with Gasteiger partial charge in [-0.3, -0.25) is 14.5 Å². The molecule has 10 heteroatoms. The quantitative estimate of drug-likeness (QED) is 0.680. The molecule has 29 heavy (non-hydrogen) atoms. The summed E-state index contributed by atoms with van der Waals surface area (Å²) in [5.41, 5.74) is 1.44. The van der Waals surface area contributed by atoms with Crippen LogP contribution in [0.1, 0.15) is 10.7 Å². The zero-order valence-electron chi connectivity index (χ0n) is 15.2. The molecule has 0 radical (unpaired) electrons. The van der Waals surface area contributed by atoms with Gasteiger partial charge in [0.2, 0.25) is 5.91 Å². The summed E-state index contributed by atoms with van der Waals surface area (Å²) in [6.07, 6.45) is 0.0398. The summed E-state index contributed by atoms with van der Waals surface area (Å²) in [5.74, 6) is -1.76. The van der Waals surface area contributed by atoms with Gasteiger partial charge in [-0.05, 0) is 12.5 Å². The average Bonchev–Trinajstić information content (AvgIpc) is 3.06. The van der Waals surface area contributed by atoms with Crippen molar-refractivity contribution in [2.45, 2.75) is 24.8 Å². The topological polar surface area (TPSA) is 99.6 Å². The summed E-state index contributed by atoms with van der Waals surface area (Å²) in [4.78, 5) is 43.0. The number of aryl methyl sites for hydroxylation is 1. The number of β-lactam (4-membered cyclic amide) rings is 1. The third-order valence-electron chi connectivity index (χ3n) is 4.61. The number of carbonyl (C=O) groups is 3. The first kappa shape index (κ1) is 19.9. The minimum absolute atomic E-state index is 0.0398. The molecule has 4 rings (SSSR count). The van der Waals surface area contributed by atoms with Gasteiger partial charge in [0, 0.05) is 5.75 Å². The number of carbonyl (C=O) groups excluding carboxylic acids is 2. The zero-order valence-corrected chi connectivity index (χ0v) is 17.6. The SMILES string of the molecule is Cc1nc(CC(=O)N[C@@H]2C(=O)N3C(C(=O)O)=C(Cl)CS[C@H]23)c(-c2ccccc2)s1.